The van der Waals surface area contributed by atoms with Crippen LogP contribution in [0.15, 0.2) is 60.7 Å². The Morgan fingerprint density at radius 1 is 1.08 bits per heavy atom. The predicted molar refractivity (Wildman–Crippen MR) is 100 cm³/mol. The van der Waals surface area contributed by atoms with Gasteiger partial charge in [-0.1, -0.05) is 48.5 Å². The summed E-state index contributed by atoms with van der Waals surface area (Å²) >= 11 is 0. The molecule has 1 atom stereocenters. The van der Waals surface area contributed by atoms with Crippen LogP contribution in [-0.2, 0) is 10.4 Å². The van der Waals surface area contributed by atoms with Gasteiger partial charge in [-0.25, -0.2) is 0 Å². The molecule has 2 aromatic rings. The number of rotatable bonds is 5. The molecule has 1 unspecified atom stereocenters. The topological polar surface area (TPSA) is 52.6 Å². The maximum absolute atomic E-state index is 12.6. The second-order valence-electron chi connectivity index (χ2n) is 6.98. The summed E-state index contributed by atoms with van der Waals surface area (Å²) in [6, 6.07) is 20.0. The minimum atomic E-state index is -1.13. The van der Waals surface area contributed by atoms with E-state index in [-0.39, 0.29) is 12.3 Å². The van der Waals surface area contributed by atoms with E-state index in [1.54, 1.807) is 6.92 Å². The molecule has 4 nitrogen and oxygen atoms in total. The number of carbonyl (C=O) groups is 1. The summed E-state index contributed by atoms with van der Waals surface area (Å²) in [7, 11) is 0. The molecule has 3 rings (SSSR count). The number of carbonyl (C=O) groups excluding carboxylic acids is 1. The lowest BCUT2D eigenvalue weighted by Gasteiger charge is -2.34. The van der Waals surface area contributed by atoms with Crippen LogP contribution in [0, 0.1) is 0 Å². The van der Waals surface area contributed by atoms with Gasteiger partial charge in [0.05, 0.1) is 12.0 Å². The van der Waals surface area contributed by atoms with Gasteiger partial charge in [0.15, 0.2) is 0 Å². The zero-order valence-electron chi connectivity index (χ0n) is 14.7. The average Bonchev–Trinajstić information content (AvgIpc) is 2.63. The van der Waals surface area contributed by atoms with Crippen LogP contribution in [0.2, 0.25) is 0 Å². The first-order valence-corrected chi connectivity index (χ1v) is 8.92. The summed E-state index contributed by atoms with van der Waals surface area (Å²) < 4.78 is 0. The molecule has 4 heteroatoms. The van der Waals surface area contributed by atoms with Gasteiger partial charge in [0.1, 0.15) is 0 Å². The Morgan fingerprint density at radius 3 is 2.24 bits per heavy atom. The largest absolute Gasteiger partial charge is 0.385 e. The third-order valence-corrected chi connectivity index (χ3v) is 4.88. The van der Waals surface area contributed by atoms with Gasteiger partial charge in [-0.3, -0.25) is 4.79 Å². The number of hydrogen-bond acceptors (Lipinski definition) is 3. The van der Waals surface area contributed by atoms with Crippen molar-refractivity contribution in [1.29, 1.82) is 0 Å². The highest BCUT2D eigenvalue weighted by molar-refractivity contribution is 5.77. The highest BCUT2D eigenvalue weighted by Crippen LogP contribution is 2.26. The predicted octanol–water partition coefficient (Wildman–Crippen LogP) is 3.39. The van der Waals surface area contributed by atoms with E-state index in [4.69, 9.17) is 0 Å². The molecule has 2 aromatic carbocycles. The van der Waals surface area contributed by atoms with Crippen LogP contribution in [0.5, 0.6) is 0 Å². The van der Waals surface area contributed by atoms with Crippen molar-refractivity contribution in [3.05, 3.63) is 66.2 Å². The average molecular weight is 338 g/mol. The molecule has 1 aliphatic heterocycles. The standard InChI is InChI=1S/C21H26N2O2/c1-21(25,17-8-4-2-5-9-17)16-20(24)23-14-12-19(13-15-23)22-18-10-6-3-7-11-18/h2-11,19,22,25H,12-16H2,1H3. The first kappa shape index (κ1) is 17.5. The molecule has 0 radical (unpaired) electrons. The van der Waals surface area contributed by atoms with Crippen LogP contribution in [0.4, 0.5) is 5.69 Å². The number of amides is 1. The Labute approximate surface area is 149 Å². The summed E-state index contributed by atoms with van der Waals surface area (Å²) in [6.45, 7) is 3.17. The second kappa shape index (κ2) is 7.70. The van der Waals surface area contributed by atoms with Gasteiger partial charge in [0.2, 0.25) is 5.91 Å². The van der Waals surface area contributed by atoms with Crippen LogP contribution in [0.3, 0.4) is 0 Å². The maximum atomic E-state index is 12.6. The monoisotopic (exact) mass is 338 g/mol. The first-order chi connectivity index (χ1) is 12.0. The van der Waals surface area contributed by atoms with E-state index in [1.165, 1.54) is 0 Å². The summed E-state index contributed by atoms with van der Waals surface area (Å²) in [5, 5.41) is 14.2. The molecule has 1 aliphatic rings. The Balaban J connectivity index is 1.51. The molecule has 132 valence electrons. The molecule has 1 amide bonds. The SMILES string of the molecule is CC(O)(CC(=O)N1CCC(Nc2ccccc2)CC1)c1ccccc1. The van der Waals surface area contributed by atoms with Crippen LogP contribution >= 0.6 is 0 Å². The van der Waals surface area contributed by atoms with Crippen LogP contribution in [0.1, 0.15) is 31.7 Å². The normalized spacial score (nSPS) is 17.8. The van der Waals surface area contributed by atoms with Gasteiger partial charge in [-0.2, -0.15) is 0 Å². The molecule has 0 aromatic heterocycles. The summed E-state index contributed by atoms with van der Waals surface area (Å²) in [5.41, 5.74) is 0.778. The molecule has 2 N–H and O–H groups in total. The molecular formula is C21H26N2O2. The molecule has 0 spiro atoms. The maximum Gasteiger partial charge on any atom is 0.225 e. The van der Waals surface area contributed by atoms with Gasteiger partial charge in [0.25, 0.3) is 0 Å². The van der Waals surface area contributed by atoms with Crippen LogP contribution in [0.25, 0.3) is 0 Å². The van der Waals surface area contributed by atoms with E-state index in [2.05, 4.69) is 17.4 Å². The van der Waals surface area contributed by atoms with Crippen molar-refractivity contribution in [2.45, 2.75) is 37.8 Å². The fraction of sp³-hybridized carbons (Fsp3) is 0.381. The molecule has 0 aliphatic carbocycles. The molecular weight excluding hydrogens is 312 g/mol. The van der Waals surface area contributed by atoms with E-state index in [0.29, 0.717) is 6.04 Å². The smallest absolute Gasteiger partial charge is 0.225 e. The van der Waals surface area contributed by atoms with Crippen molar-refractivity contribution in [3.63, 3.8) is 0 Å². The number of aliphatic hydroxyl groups is 1. The number of nitrogens with zero attached hydrogens (tertiary/aromatic N) is 1. The fourth-order valence-corrected chi connectivity index (χ4v) is 3.35. The number of benzene rings is 2. The number of likely N-dealkylation sites (tertiary alicyclic amines) is 1. The lowest BCUT2D eigenvalue weighted by Crippen LogP contribution is -2.44. The number of anilines is 1. The lowest BCUT2D eigenvalue weighted by molar-refractivity contribution is -0.137. The molecule has 25 heavy (non-hydrogen) atoms. The quantitative estimate of drug-likeness (QED) is 0.879. The Bertz CT molecular complexity index is 678. The van der Waals surface area contributed by atoms with Crippen LogP contribution in [-0.4, -0.2) is 35.0 Å². The van der Waals surface area contributed by atoms with Gasteiger partial charge in [0, 0.05) is 24.8 Å². The van der Waals surface area contributed by atoms with E-state index in [1.807, 2.05) is 53.4 Å². The molecule has 1 fully saturated rings. The van der Waals surface area contributed by atoms with Crippen molar-refractivity contribution < 1.29 is 9.90 Å². The number of piperidine rings is 1. The lowest BCUT2D eigenvalue weighted by atomic mass is 9.91. The number of hydrogen-bond donors (Lipinski definition) is 2. The summed E-state index contributed by atoms with van der Waals surface area (Å²) in [5.74, 6) is 0.0204. The Morgan fingerprint density at radius 2 is 1.64 bits per heavy atom. The highest BCUT2D eigenvalue weighted by Gasteiger charge is 2.30. The van der Waals surface area contributed by atoms with E-state index in [0.717, 1.165) is 37.2 Å². The van der Waals surface area contributed by atoms with Crippen molar-refractivity contribution >= 4 is 11.6 Å². The van der Waals surface area contributed by atoms with E-state index in [9.17, 15) is 9.90 Å². The summed E-state index contributed by atoms with van der Waals surface area (Å²) in [6.07, 6.45) is 1.97. The second-order valence-corrected chi connectivity index (χ2v) is 6.98. The number of nitrogens with one attached hydrogen (secondary N) is 1. The van der Waals surface area contributed by atoms with Crippen LogP contribution < -0.4 is 5.32 Å². The fourth-order valence-electron chi connectivity index (χ4n) is 3.35. The van der Waals surface area contributed by atoms with Gasteiger partial charge >= 0.3 is 0 Å². The number of para-hydroxylation sites is 1. The van der Waals surface area contributed by atoms with Gasteiger partial charge in [-0.05, 0) is 37.5 Å². The Kier molecular flexibility index (Phi) is 5.39. The molecule has 1 heterocycles. The van der Waals surface area contributed by atoms with Gasteiger partial charge < -0.3 is 15.3 Å². The van der Waals surface area contributed by atoms with Crippen molar-refractivity contribution in [3.8, 4) is 0 Å². The molecule has 1 saturated heterocycles. The molecule has 0 bridgehead atoms. The molecule has 0 saturated carbocycles. The summed E-state index contributed by atoms with van der Waals surface area (Å²) in [4.78, 5) is 14.5. The third kappa shape index (κ3) is 4.60. The highest BCUT2D eigenvalue weighted by atomic mass is 16.3. The minimum absolute atomic E-state index is 0.0204. The Hall–Kier alpha value is -2.33. The zero-order valence-corrected chi connectivity index (χ0v) is 14.7. The van der Waals surface area contributed by atoms with Crippen molar-refractivity contribution in [2.75, 3.05) is 18.4 Å². The zero-order chi connectivity index (χ0) is 17.7. The third-order valence-electron chi connectivity index (χ3n) is 4.88. The van der Waals surface area contributed by atoms with Gasteiger partial charge in [-0.15, -0.1) is 0 Å². The van der Waals surface area contributed by atoms with Crippen molar-refractivity contribution in [2.24, 2.45) is 0 Å². The van der Waals surface area contributed by atoms with E-state index < -0.39 is 5.60 Å². The minimum Gasteiger partial charge on any atom is -0.385 e. The van der Waals surface area contributed by atoms with Crippen molar-refractivity contribution in [1.82, 2.24) is 4.90 Å². The first-order valence-electron chi connectivity index (χ1n) is 8.92. The van der Waals surface area contributed by atoms with E-state index >= 15 is 0 Å².